The van der Waals surface area contributed by atoms with E-state index in [-0.39, 0.29) is 37.7 Å². The molecular formula is C26H27F3N2O5. The van der Waals surface area contributed by atoms with Crippen molar-refractivity contribution in [2.24, 2.45) is 5.41 Å². The van der Waals surface area contributed by atoms with E-state index in [0.29, 0.717) is 18.4 Å². The quantitative estimate of drug-likeness (QED) is 0.568. The van der Waals surface area contributed by atoms with E-state index in [1.165, 1.54) is 4.90 Å². The van der Waals surface area contributed by atoms with Crippen LogP contribution < -0.4 is 10.2 Å². The highest BCUT2D eigenvalue weighted by atomic mass is 19.4. The summed E-state index contributed by atoms with van der Waals surface area (Å²) in [6.45, 7) is 0.105. The molecule has 0 radical (unpaired) electrons. The Bertz CT molecular complexity index is 1140. The minimum atomic E-state index is -4.77. The number of nitrogens with one attached hydrogen (secondary N) is 1. The van der Waals surface area contributed by atoms with E-state index in [9.17, 15) is 27.6 Å². The molecule has 0 aromatic heterocycles. The van der Waals surface area contributed by atoms with Gasteiger partial charge in [0.1, 0.15) is 6.61 Å². The molecule has 1 N–H and O–H groups in total. The van der Waals surface area contributed by atoms with E-state index in [2.05, 4.69) is 10.1 Å². The Morgan fingerprint density at radius 1 is 1.11 bits per heavy atom. The molecule has 1 fully saturated rings. The molecule has 1 aliphatic heterocycles. The highest BCUT2D eigenvalue weighted by molar-refractivity contribution is 6.03. The number of hydrogen-bond acceptors (Lipinski definition) is 5. The maximum atomic E-state index is 13.8. The summed E-state index contributed by atoms with van der Waals surface area (Å²) in [7, 11) is 1.00. The van der Waals surface area contributed by atoms with Crippen LogP contribution in [0.4, 0.5) is 23.7 Å². The maximum Gasteiger partial charge on any atom is 0.417 e. The molecule has 0 bridgehead atoms. The van der Waals surface area contributed by atoms with Crippen molar-refractivity contribution in [1.82, 2.24) is 5.32 Å². The summed E-state index contributed by atoms with van der Waals surface area (Å²) >= 11 is 0. The first-order chi connectivity index (χ1) is 17.1. The van der Waals surface area contributed by atoms with Crippen molar-refractivity contribution in [2.75, 3.05) is 25.1 Å². The Morgan fingerprint density at radius 3 is 2.44 bits per heavy atom. The molecule has 192 valence electrons. The number of hydrogen-bond donors (Lipinski definition) is 1. The Morgan fingerprint density at radius 2 is 1.81 bits per heavy atom. The number of ether oxygens (including phenoxy) is 2. The van der Waals surface area contributed by atoms with Crippen LogP contribution in [-0.2, 0) is 33.5 Å². The second kappa shape index (κ2) is 10.2. The first-order valence-corrected chi connectivity index (χ1v) is 11.7. The molecule has 1 heterocycles. The van der Waals surface area contributed by atoms with Crippen LogP contribution in [-0.4, -0.2) is 38.2 Å². The van der Waals surface area contributed by atoms with Crippen LogP contribution in [0.5, 0.6) is 0 Å². The predicted octanol–water partition coefficient (Wildman–Crippen LogP) is 4.87. The summed E-state index contributed by atoms with van der Waals surface area (Å²) in [5.74, 6) is -1.34. The lowest BCUT2D eigenvalue weighted by atomic mass is 9.74. The second-order valence-electron chi connectivity index (χ2n) is 9.13. The topological polar surface area (TPSA) is 84.9 Å². The van der Waals surface area contributed by atoms with Gasteiger partial charge in [-0.2, -0.15) is 13.2 Å². The van der Waals surface area contributed by atoms with Crippen molar-refractivity contribution < 1.29 is 37.0 Å². The molecule has 0 saturated heterocycles. The largest absolute Gasteiger partial charge is 0.465 e. The molecule has 36 heavy (non-hydrogen) atoms. The Hall–Kier alpha value is -3.56. The summed E-state index contributed by atoms with van der Waals surface area (Å²) < 4.78 is 51.1. The zero-order chi connectivity index (χ0) is 25.9. The average Bonchev–Trinajstić information content (AvgIpc) is 3.33. The standard InChI is InChI=1S/C26H27F3N2O5/c1-35-22(32)19-14-21-18(13-20(19)26(27,28)29)15-25(9-5-6-10-25)23(33)31(21)12-11-30-24(34)36-16-17-7-3-2-4-8-17/h2-4,7-8,13-14H,5-6,9-12,15-16H2,1H3,(H,30,34). The molecular weight excluding hydrogens is 477 g/mol. The first kappa shape index (κ1) is 25.5. The van der Waals surface area contributed by atoms with Crippen molar-refractivity contribution in [3.63, 3.8) is 0 Å². The molecule has 2 aromatic carbocycles. The van der Waals surface area contributed by atoms with Gasteiger partial charge in [-0.3, -0.25) is 4.79 Å². The summed E-state index contributed by atoms with van der Waals surface area (Å²) in [6, 6.07) is 11.2. The average molecular weight is 505 g/mol. The monoisotopic (exact) mass is 504 g/mol. The highest BCUT2D eigenvalue weighted by Gasteiger charge is 2.49. The van der Waals surface area contributed by atoms with Crippen molar-refractivity contribution in [3.05, 3.63) is 64.7 Å². The maximum absolute atomic E-state index is 13.8. The van der Waals surface area contributed by atoms with Crippen molar-refractivity contribution in [2.45, 2.75) is 44.9 Å². The van der Waals surface area contributed by atoms with Gasteiger partial charge in [-0.15, -0.1) is 0 Å². The van der Waals surface area contributed by atoms with Gasteiger partial charge >= 0.3 is 18.2 Å². The smallest absolute Gasteiger partial charge is 0.417 e. The van der Waals surface area contributed by atoms with Gasteiger partial charge in [0.25, 0.3) is 0 Å². The molecule has 1 aliphatic carbocycles. The van der Waals surface area contributed by atoms with Gasteiger partial charge in [0.2, 0.25) is 5.91 Å². The number of fused-ring (bicyclic) bond motifs is 1. The fraction of sp³-hybridized carbons (Fsp3) is 0.423. The predicted molar refractivity (Wildman–Crippen MR) is 124 cm³/mol. The van der Waals surface area contributed by atoms with Crippen LogP contribution >= 0.6 is 0 Å². The van der Waals surface area contributed by atoms with Crippen molar-refractivity contribution in [3.8, 4) is 0 Å². The fourth-order valence-corrected chi connectivity index (χ4v) is 5.08. The third-order valence-electron chi connectivity index (χ3n) is 6.83. The number of alkyl carbamates (subject to hydrolysis) is 1. The molecule has 0 unspecified atom stereocenters. The highest BCUT2D eigenvalue weighted by Crippen LogP contribution is 2.49. The number of alkyl halides is 3. The Kier molecular flexibility index (Phi) is 7.23. The molecule has 2 amide bonds. The van der Waals surface area contributed by atoms with Gasteiger partial charge in [0.05, 0.1) is 23.7 Å². The lowest BCUT2D eigenvalue weighted by Crippen LogP contribution is -2.50. The number of methoxy groups -OCH3 is 1. The van der Waals surface area contributed by atoms with E-state index in [4.69, 9.17) is 4.74 Å². The fourth-order valence-electron chi connectivity index (χ4n) is 5.08. The van der Waals surface area contributed by atoms with Crippen LogP contribution in [0.15, 0.2) is 42.5 Å². The van der Waals surface area contributed by atoms with Crippen molar-refractivity contribution >= 4 is 23.7 Å². The number of carbonyl (C=O) groups is 3. The van der Waals surface area contributed by atoms with Crippen molar-refractivity contribution in [1.29, 1.82) is 0 Å². The molecule has 1 saturated carbocycles. The zero-order valence-electron chi connectivity index (χ0n) is 19.8. The number of amides is 2. The van der Waals surface area contributed by atoms with Gasteiger partial charge in [0.15, 0.2) is 0 Å². The minimum Gasteiger partial charge on any atom is -0.465 e. The summed E-state index contributed by atoms with van der Waals surface area (Å²) in [5, 5.41) is 2.59. The molecule has 0 atom stereocenters. The van der Waals surface area contributed by atoms with E-state index >= 15 is 0 Å². The number of benzene rings is 2. The number of esters is 1. The lowest BCUT2D eigenvalue weighted by molar-refractivity contribution is -0.138. The van der Waals surface area contributed by atoms with Crippen LogP contribution in [0.2, 0.25) is 0 Å². The van der Waals surface area contributed by atoms with E-state index < -0.39 is 34.8 Å². The zero-order valence-corrected chi connectivity index (χ0v) is 19.8. The third kappa shape index (κ3) is 5.17. The third-order valence-corrected chi connectivity index (χ3v) is 6.83. The second-order valence-corrected chi connectivity index (χ2v) is 9.13. The van der Waals surface area contributed by atoms with Gasteiger partial charge in [-0.05, 0) is 42.5 Å². The molecule has 1 spiro atoms. The molecule has 2 aromatic rings. The van der Waals surface area contributed by atoms with Gasteiger partial charge in [-0.1, -0.05) is 43.2 Å². The van der Waals surface area contributed by atoms with E-state index in [1.54, 1.807) is 0 Å². The van der Waals surface area contributed by atoms with Crippen LogP contribution in [0.1, 0.15) is 52.7 Å². The molecule has 7 nitrogen and oxygen atoms in total. The minimum absolute atomic E-state index is 0.0139. The van der Waals surface area contributed by atoms with Gasteiger partial charge in [-0.25, -0.2) is 9.59 Å². The Balaban J connectivity index is 1.57. The number of carbonyl (C=O) groups excluding carboxylic acids is 3. The molecule has 10 heteroatoms. The van der Waals surface area contributed by atoms with Gasteiger partial charge in [0, 0.05) is 18.8 Å². The SMILES string of the molecule is COC(=O)c1cc2c(cc1C(F)(F)F)CC1(CCCC1)C(=O)N2CCNC(=O)OCc1ccccc1. The summed E-state index contributed by atoms with van der Waals surface area (Å²) in [6.07, 6.45) is -2.49. The molecule has 2 aliphatic rings. The summed E-state index contributed by atoms with van der Waals surface area (Å²) in [4.78, 5) is 39.3. The van der Waals surface area contributed by atoms with E-state index in [0.717, 1.165) is 37.6 Å². The van der Waals surface area contributed by atoms with Crippen LogP contribution in [0, 0.1) is 5.41 Å². The van der Waals surface area contributed by atoms with Crippen LogP contribution in [0.25, 0.3) is 0 Å². The normalized spacial score (nSPS) is 16.6. The Labute approximate surface area is 206 Å². The van der Waals surface area contributed by atoms with Crippen LogP contribution in [0.3, 0.4) is 0 Å². The number of rotatable bonds is 6. The lowest BCUT2D eigenvalue weighted by Gasteiger charge is -2.41. The number of anilines is 1. The number of halogens is 3. The molecule has 4 rings (SSSR count). The number of nitrogens with zero attached hydrogens (tertiary/aromatic N) is 1. The van der Waals surface area contributed by atoms with E-state index in [1.807, 2.05) is 30.3 Å². The first-order valence-electron chi connectivity index (χ1n) is 11.7. The summed E-state index contributed by atoms with van der Waals surface area (Å²) in [5.41, 5.74) is -1.13. The van der Waals surface area contributed by atoms with Gasteiger partial charge < -0.3 is 19.7 Å².